The van der Waals surface area contributed by atoms with E-state index >= 15 is 0 Å². The van der Waals surface area contributed by atoms with Crippen molar-refractivity contribution in [3.8, 4) is 16.9 Å². The first-order valence-electron chi connectivity index (χ1n) is 12.9. The fourth-order valence-corrected chi connectivity index (χ4v) is 6.22. The Balaban J connectivity index is 1.37. The van der Waals surface area contributed by atoms with Crippen LogP contribution in [-0.4, -0.2) is 43.8 Å². The van der Waals surface area contributed by atoms with Gasteiger partial charge in [0.25, 0.3) is 0 Å². The lowest BCUT2D eigenvalue weighted by Gasteiger charge is -2.44. The number of nitrogens with zero attached hydrogens (tertiary/aromatic N) is 1. The number of nitrogens with one attached hydrogen (secondary N) is 1. The summed E-state index contributed by atoms with van der Waals surface area (Å²) in [5.74, 6) is 1.35. The predicted molar refractivity (Wildman–Crippen MR) is 135 cm³/mol. The molecule has 1 unspecified atom stereocenters. The SMILES string of the molecule is CCCc1ccc(-c2cc3c(cc2OC)C(NC(=O)O[C@H]2CN4CCC2CC4)C(C)(C)C3)cc1. The van der Waals surface area contributed by atoms with Crippen LogP contribution in [0, 0.1) is 11.3 Å². The van der Waals surface area contributed by atoms with E-state index in [1.54, 1.807) is 7.11 Å². The van der Waals surface area contributed by atoms with E-state index in [1.807, 2.05) is 0 Å². The van der Waals surface area contributed by atoms with Crippen molar-refractivity contribution in [2.24, 2.45) is 11.3 Å². The van der Waals surface area contributed by atoms with E-state index in [9.17, 15) is 4.79 Å². The topological polar surface area (TPSA) is 50.8 Å². The number of hydrogen-bond donors (Lipinski definition) is 1. The number of aryl methyl sites for hydroxylation is 1. The number of hydrogen-bond acceptors (Lipinski definition) is 4. The van der Waals surface area contributed by atoms with E-state index in [1.165, 1.54) is 11.1 Å². The molecule has 0 spiro atoms. The molecule has 3 saturated heterocycles. The molecule has 5 nitrogen and oxygen atoms in total. The summed E-state index contributed by atoms with van der Waals surface area (Å²) in [5, 5.41) is 3.23. The fourth-order valence-electron chi connectivity index (χ4n) is 6.22. The van der Waals surface area contributed by atoms with Crippen molar-refractivity contribution in [1.82, 2.24) is 10.2 Å². The van der Waals surface area contributed by atoms with Gasteiger partial charge in [-0.1, -0.05) is 51.5 Å². The number of benzene rings is 2. The minimum atomic E-state index is -0.292. The van der Waals surface area contributed by atoms with Crippen LogP contribution in [0.25, 0.3) is 11.1 Å². The maximum atomic E-state index is 13.0. The summed E-state index contributed by atoms with van der Waals surface area (Å²) in [6, 6.07) is 13.1. The van der Waals surface area contributed by atoms with E-state index < -0.39 is 0 Å². The molecule has 3 aliphatic heterocycles. The van der Waals surface area contributed by atoms with Gasteiger partial charge in [-0.3, -0.25) is 4.90 Å². The van der Waals surface area contributed by atoms with Gasteiger partial charge in [-0.05, 0) is 84.5 Å². The Hall–Kier alpha value is -2.53. The maximum absolute atomic E-state index is 13.0. The minimum absolute atomic E-state index is 0.0130. The molecular weight excluding hydrogens is 424 g/mol. The van der Waals surface area contributed by atoms with Gasteiger partial charge in [-0.25, -0.2) is 4.79 Å². The average Bonchev–Trinajstić information content (AvgIpc) is 3.08. The maximum Gasteiger partial charge on any atom is 0.407 e. The van der Waals surface area contributed by atoms with Crippen LogP contribution in [0.2, 0.25) is 0 Å². The molecule has 3 fully saturated rings. The first-order chi connectivity index (χ1) is 16.4. The molecule has 5 heteroatoms. The van der Waals surface area contributed by atoms with Crippen LogP contribution in [0.4, 0.5) is 4.79 Å². The van der Waals surface area contributed by atoms with E-state index in [0.29, 0.717) is 5.92 Å². The van der Waals surface area contributed by atoms with Crippen LogP contribution in [0.15, 0.2) is 36.4 Å². The van der Waals surface area contributed by atoms with Gasteiger partial charge in [0.2, 0.25) is 0 Å². The standard InChI is InChI=1S/C29H38N2O3/c1-5-6-19-7-9-20(10-8-19)23-15-22-17-29(2,3)27(24(22)16-25(23)33-4)30-28(32)34-26-18-31-13-11-21(26)12-14-31/h7-10,15-16,21,26-27H,5-6,11-14,17-18H2,1-4H3,(H,30,32)/t26-,27?/m0/s1. The third kappa shape index (κ3) is 4.43. The first kappa shape index (κ1) is 23.2. The predicted octanol–water partition coefficient (Wildman–Crippen LogP) is 5.76. The van der Waals surface area contributed by atoms with Gasteiger partial charge < -0.3 is 14.8 Å². The fraction of sp³-hybridized carbons (Fsp3) is 0.552. The Bertz CT molecular complexity index is 1040. The zero-order valence-corrected chi connectivity index (χ0v) is 21.0. The van der Waals surface area contributed by atoms with Crippen molar-refractivity contribution in [2.45, 2.75) is 65.0 Å². The molecule has 2 bridgehead atoms. The van der Waals surface area contributed by atoms with Crippen LogP contribution in [0.5, 0.6) is 5.75 Å². The summed E-state index contributed by atoms with van der Waals surface area (Å²) in [5.41, 5.74) is 5.93. The number of carbonyl (C=O) groups is 1. The quantitative estimate of drug-likeness (QED) is 0.593. The van der Waals surface area contributed by atoms with Crippen molar-refractivity contribution >= 4 is 6.09 Å². The van der Waals surface area contributed by atoms with Crippen molar-refractivity contribution in [2.75, 3.05) is 26.7 Å². The third-order valence-corrected chi connectivity index (χ3v) is 8.12. The number of alkyl carbamates (subject to hydrolysis) is 1. The van der Waals surface area contributed by atoms with Gasteiger partial charge in [0.05, 0.1) is 13.2 Å². The number of piperidine rings is 3. The number of carbonyl (C=O) groups excluding carboxylic acids is 1. The van der Waals surface area contributed by atoms with Crippen molar-refractivity contribution in [1.29, 1.82) is 0 Å². The Morgan fingerprint density at radius 3 is 2.50 bits per heavy atom. The van der Waals surface area contributed by atoms with Gasteiger partial charge in [-0.15, -0.1) is 0 Å². The summed E-state index contributed by atoms with van der Waals surface area (Å²) in [6.45, 7) is 9.79. The largest absolute Gasteiger partial charge is 0.496 e. The molecule has 182 valence electrons. The van der Waals surface area contributed by atoms with Gasteiger partial charge in [0.1, 0.15) is 11.9 Å². The highest BCUT2D eigenvalue weighted by Gasteiger charge is 2.42. The van der Waals surface area contributed by atoms with Crippen molar-refractivity contribution < 1.29 is 14.3 Å². The van der Waals surface area contributed by atoms with Gasteiger partial charge >= 0.3 is 6.09 Å². The molecule has 3 heterocycles. The summed E-state index contributed by atoms with van der Waals surface area (Å²) < 4.78 is 11.8. The molecule has 4 aliphatic rings. The number of rotatable bonds is 6. The smallest absolute Gasteiger partial charge is 0.407 e. The molecular formula is C29H38N2O3. The molecule has 0 radical (unpaired) electrons. The second kappa shape index (κ2) is 9.26. The molecule has 2 atom stereocenters. The average molecular weight is 463 g/mol. The van der Waals surface area contributed by atoms with Crippen LogP contribution < -0.4 is 10.1 Å². The number of fused-ring (bicyclic) bond motifs is 4. The number of amides is 1. The highest BCUT2D eigenvalue weighted by molar-refractivity contribution is 5.74. The summed E-state index contributed by atoms with van der Waals surface area (Å²) in [6.07, 6.45) is 5.13. The van der Waals surface area contributed by atoms with Crippen LogP contribution in [-0.2, 0) is 17.6 Å². The summed E-state index contributed by atoms with van der Waals surface area (Å²) >= 11 is 0. The van der Waals surface area contributed by atoms with Crippen molar-refractivity contribution in [3.05, 3.63) is 53.1 Å². The summed E-state index contributed by atoms with van der Waals surface area (Å²) in [7, 11) is 1.72. The lowest BCUT2D eigenvalue weighted by molar-refractivity contribution is -0.0349. The first-order valence-corrected chi connectivity index (χ1v) is 12.9. The van der Waals surface area contributed by atoms with E-state index in [0.717, 1.165) is 74.2 Å². The molecule has 1 aliphatic carbocycles. The lowest BCUT2D eigenvalue weighted by atomic mass is 9.85. The zero-order valence-electron chi connectivity index (χ0n) is 21.0. The lowest BCUT2D eigenvalue weighted by Crippen LogP contribution is -2.53. The monoisotopic (exact) mass is 462 g/mol. The Morgan fingerprint density at radius 1 is 1.15 bits per heavy atom. The molecule has 2 aromatic rings. The number of ether oxygens (including phenoxy) is 2. The summed E-state index contributed by atoms with van der Waals surface area (Å²) in [4.78, 5) is 15.4. The van der Waals surface area contributed by atoms with E-state index in [2.05, 4.69) is 67.4 Å². The van der Waals surface area contributed by atoms with Gasteiger partial charge in [0, 0.05) is 12.1 Å². The van der Waals surface area contributed by atoms with Crippen LogP contribution in [0.3, 0.4) is 0 Å². The number of methoxy groups -OCH3 is 1. The molecule has 0 saturated carbocycles. The molecule has 1 N–H and O–H groups in total. The van der Waals surface area contributed by atoms with Crippen LogP contribution >= 0.6 is 0 Å². The highest BCUT2D eigenvalue weighted by Crippen LogP contribution is 2.48. The zero-order chi connectivity index (χ0) is 23.9. The van der Waals surface area contributed by atoms with Crippen molar-refractivity contribution in [3.63, 3.8) is 0 Å². The highest BCUT2D eigenvalue weighted by atomic mass is 16.6. The Morgan fingerprint density at radius 2 is 1.88 bits per heavy atom. The van der Waals surface area contributed by atoms with E-state index in [4.69, 9.17) is 9.47 Å². The molecule has 1 amide bonds. The second-order valence-electron chi connectivity index (χ2n) is 11.0. The van der Waals surface area contributed by atoms with Crippen LogP contribution in [0.1, 0.15) is 62.8 Å². The molecule has 6 rings (SSSR count). The molecule has 2 aromatic carbocycles. The minimum Gasteiger partial charge on any atom is -0.496 e. The van der Waals surface area contributed by atoms with Gasteiger partial charge in [0.15, 0.2) is 0 Å². The Labute approximate surface area is 203 Å². The molecule has 34 heavy (non-hydrogen) atoms. The van der Waals surface area contributed by atoms with E-state index in [-0.39, 0.29) is 23.7 Å². The Kier molecular flexibility index (Phi) is 6.32. The second-order valence-corrected chi connectivity index (χ2v) is 11.0. The van der Waals surface area contributed by atoms with Gasteiger partial charge in [-0.2, -0.15) is 0 Å². The normalized spacial score (nSPS) is 26.7. The third-order valence-electron chi connectivity index (χ3n) is 8.12. The molecule has 0 aromatic heterocycles.